The summed E-state index contributed by atoms with van der Waals surface area (Å²) in [6.45, 7) is 0.734. The molecule has 0 unspecified atom stereocenters. The molecule has 0 saturated carbocycles. The Hall–Kier alpha value is -2.19. The van der Waals surface area contributed by atoms with Crippen LogP contribution in [0.4, 0.5) is 10.1 Å². The molecule has 2 aromatic rings. The molecule has 0 aliphatic carbocycles. The molecule has 0 atom stereocenters. The Bertz CT molecular complexity index is 680. The zero-order valence-corrected chi connectivity index (χ0v) is 13.6. The third kappa shape index (κ3) is 4.15. The summed E-state index contributed by atoms with van der Waals surface area (Å²) in [6.07, 6.45) is 5.20. The number of hydrogen-bond donors (Lipinski definition) is 1. The Morgan fingerprint density at radius 3 is 2.64 bits per heavy atom. The van der Waals surface area contributed by atoms with Crippen LogP contribution in [-0.2, 0) is 6.54 Å². The molecule has 0 heterocycles. The van der Waals surface area contributed by atoms with Gasteiger partial charge >= 0.3 is 0 Å². The summed E-state index contributed by atoms with van der Waals surface area (Å²) >= 11 is 3.45. The molecule has 22 heavy (non-hydrogen) atoms. The Morgan fingerprint density at radius 2 is 2.00 bits per heavy atom. The normalized spacial score (nSPS) is 9.91. The summed E-state index contributed by atoms with van der Waals surface area (Å²) in [4.78, 5) is 0. The smallest absolute Gasteiger partial charge is 0.176 e. The van der Waals surface area contributed by atoms with E-state index in [1.807, 2.05) is 12.1 Å². The molecule has 0 radical (unpaired) electrons. The second-order valence-corrected chi connectivity index (χ2v) is 5.32. The van der Waals surface area contributed by atoms with Crippen molar-refractivity contribution in [1.82, 2.24) is 0 Å². The Labute approximate surface area is 137 Å². The van der Waals surface area contributed by atoms with E-state index in [-0.39, 0.29) is 12.4 Å². The lowest BCUT2D eigenvalue weighted by Gasteiger charge is -2.14. The van der Waals surface area contributed by atoms with Crippen LogP contribution in [-0.4, -0.2) is 13.7 Å². The topological polar surface area (TPSA) is 30.5 Å². The lowest BCUT2D eigenvalue weighted by molar-refractivity contribution is 0.328. The third-order valence-electron chi connectivity index (χ3n) is 2.93. The van der Waals surface area contributed by atoms with Gasteiger partial charge in [0.1, 0.15) is 12.4 Å². The number of hydrogen-bond acceptors (Lipinski definition) is 3. The molecular formula is C17H15BrFNO2. The average molecular weight is 364 g/mol. The van der Waals surface area contributed by atoms with Gasteiger partial charge in [-0.25, -0.2) is 4.39 Å². The molecule has 5 heteroatoms. The Kier molecular flexibility index (Phi) is 5.68. The molecule has 114 valence electrons. The van der Waals surface area contributed by atoms with Crippen molar-refractivity contribution in [1.29, 1.82) is 0 Å². The van der Waals surface area contributed by atoms with Crippen LogP contribution in [0.2, 0.25) is 0 Å². The highest BCUT2D eigenvalue weighted by atomic mass is 79.9. The molecule has 0 amide bonds. The van der Waals surface area contributed by atoms with Gasteiger partial charge < -0.3 is 14.8 Å². The monoisotopic (exact) mass is 363 g/mol. The number of benzene rings is 2. The molecule has 3 nitrogen and oxygen atoms in total. The van der Waals surface area contributed by atoms with Gasteiger partial charge in [0.25, 0.3) is 0 Å². The van der Waals surface area contributed by atoms with Gasteiger partial charge in [0.2, 0.25) is 0 Å². The summed E-state index contributed by atoms with van der Waals surface area (Å²) in [7, 11) is 1.57. The minimum absolute atomic E-state index is 0.169. The lowest BCUT2D eigenvalue weighted by Crippen LogP contribution is -2.02. The van der Waals surface area contributed by atoms with Crippen molar-refractivity contribution in [3.05, 3.63) is 52.3 Å². The number of ether oxygens (including phenoxy) is 2. The molecule has 0 saturated heterocycles. The van der Waals surface area contributed by atoms with Crippen molar-refractivity contribution in [2.24, 2.45) is 0 Å². The number of terminal acetylenes is 1. The Morgan fingerprint density at radius 1 is 1.27 bits per heavy atom. The van der Waals surface area contributed by atoms with E-state index in [9.17, 15) is 4.39 Å². The van der Waals surface area contributed by atoms with Crippen LogP contribution in [0.3, 0.4) is 0 Å². The number of halogens is 2. The largest absolute Gasteiger partial charge is 0.493 e. The highest BCUT2D eigenvalue weighted by Crippen LogP contribution is 2.36. The minimum atomic E-state index is -0.259. The fraction of sp³-hybridized carbons (Fsp3) is 0.176. The first kappa shape index (κ1) is 16.2. The van der Waals surface area contributed by atoms with Gasteiger partial charge in [-0.1, -0.05) is 5.92 Å². The van der Waals surface area contributed by atoms with Crippen molar-refractivity contribution in [2.45, 2.75) is 6.54 Å². The van der Waals surface area contributed by atoms with Crippen LogP contribution in [0, 0.1) is 18.2 Å². The summed E-state index contributed by atoms with van der Waals surface area (Å²) in [6, 6.07) is 9.99. The zero-order valence-electron chi connectivity index (χ0n) is 12.0. The van der Waals surface area contributed by atoms with E-state index in [2.05, 4.69) is 27.2 Å². The molecule has 2 rings (SSSR count). The number of anilines is 1. The van der Waals surface area contributed by atoms with E-state index in [0.717, 1.165) is 15.7 Å². The first-order valence-corrected chi connectivity index (χ1v) is 7.35. The molecule has 0 spiro atoms. The molecule has 0 bridgehead atoms. The maximum Gasteiger partial charge on any atom is 0.176 e. The average Bonchev–Trinajstić information content (AvgIpc) is 2.53. The van der Waals surface area contributed by atoms with Gasteiger partial charge in [-0.2, -0.15) is 0 Å². The minimum Gasteiger partial charge on any atom is -0.493 e. The van der Waals surface area contributed by atoms with E-state index >= 15 is 0 Å². The number of rotatable bonds is 6. The number of methoxy groups -OCH3 is 1. The summed E-state index contributed by atoms with van der Waals surface area (Å²) in [5.74, 6) is 3.33. The first-order chi connectivity index (χ1) is 10.6. The summed E-state index contributed by atoms with van der Waals surface area (Å²) < 4.78 is 24.4. The van der Waals surface area contributed by atoms with Crippen molar-refractivity contribution in [2.75, 3.05) is 19.0 Å². The molecule has 2 aromatic carbocycles. The molecular weight excluding hydrogens is 349 g/mol. The maximum atomic E-state index is 12.9. The second kappa shape index (κ2) is 7.71. The lowest BCUT2D eigenvalue weighted by atomic mass is 10.2. The van der Waals surface area contributed by atoms with Crippen LogP contribution in [0.25, 0.3) is 0 Å². The van der Waals surface area contributed by atoms with Crippen LogP contribution >= 0.6 is 15.9 Å². The SMILES string of the molecule is C#CCOc1c(Br)cc(CNc2ccc(F)cc2)cc1OC. The van der Waals surface area contributed by atoms with Gasteiger partial charge in [0, 0.05) is 12.2 Å². The van der Waals surface area contributed by atoms with E-state index < -0.39 is 0 Å². The highest BCUT2D eigenvalue weighted by molar-refractivity contribution is 9.10. The van der Waals surface area contributed by atoms with Gasteiger partial charge in [0.15, 0.2) is 11.5 Å². The molecule has 0 aromatic heterocycles. The summed E-state index contributed by atoms with van der Waals surface area (Å²) in [5.41, 5.74) is 1.82. The first-order valence-electron chi connectivity index (χ1n) is 6.56. The van der Waals surface area contributed by atoms with Crippen molar-refractivity contribution in [3.8, 4) is 23.8 Å². The van der Waals surface area contributed by atoms with Crippen LogP contribution in [0.5, 0.6) is 11.5 Å². The second-order valence-electron chi connectivity index (χ2n) is 4.46. The van der Waals surface area contributed by atoms with Gasteiger partial charge in [-0.3, -0.25) is 0 Å². The highest BCUT2D eigenvalue weighted by Gasteiger charge is 2.11. The standard InChI is InChI=1S/C17H15BrFNO2/c1-3-8-22-17-15(18)9-12(10-16(17)21-2)11-20-14-6-4-13(19)5-7-14/h1,4-7,9-10,20H,8,11H2,2H3. The van der Waals surface area contributed by atoms with E-state index in [1.54, 1.807) is 19.2 Å². The quantitative estimate of drug-likeness (QED) is 0.779. The van der Waals surface area contributed by atoms with Crippen molar-refractivity contribution in [3.63, 3.8) is 0 Å². The predicted octanol–water partition coefficient (Wildman–Crippen LogP) is 4.22. The van der Waals surface area contributed by atoms with Crippen LogP contribution < -0.4 is 14.8 Å². The fourth-order valence-electron chi connectivity index (χ4n) is 1.90. The van der Waals surface area contributed by atoms with Crippen molar-refractivity contribution >= 4 is 21.6 Å². The zero-order chi connectivity index (χ0) is 15.9. The predicted molar refractivity (Wildman–Crippen MR) is 88.7 cm³/mol. The molecule has 1 N–H and O–H groups in total. The van der Waals surface area contributed by atoms with Gasteiger partial charge in [-0.15, -0.1) is 6.42 Å². The van der Waals surface area contributed by atoms with Crippen LogP contribution in [0.15, 0.2) is 40.9 Å². The molecule has 0 aliphatic rings. The Balaban J connectivity index is 2.13. The van der Waals surface area contributed by atoms with Crippen molar-refractivity contribution < 1.29 is 13.9 Å². The fourth-order valence-corrected chi connectivity index (χ4v) is 2.50. The van der Waals surface area contributed by atoms with Crippen LogP contribution in [0.1, 0.15) is 5.56 Å². The summed E-state index contributed by atoms with van der Waals surface area (Å²) in [5, 5.41) is 3.21. The number of nitrogens with one attached hydrogen (secondary N) is 1. The molecule has 0 aliphatic heterocycles. The van der Waals surface area contributed by atoms with E-state index in [4.69, 9.17) is 15.9 Å². The maximum absolute atomic E-state index is 12.9. The van der Waals surface area contributed by atoms with Gasteiger partial charge in [0.05, 0.1) is 11.6 Å². The molecule has 0 fully saturated rings. The van der Waals surface area contributed by atoms with E-state index in [1.165, 1.54) is 12.1 Å². The van der Waals surface area contributed by atoms with Gasteiger partial charge in [-0.05, 0) is 57.9 Å². The van der Waals surface area contributed by atoms with E-state index in [0.29, 0.717) is 18.0 Å². The third-order valence-corrected chi connectivity index (χ3v) is 3.52.